The molecule has 1 unspecified atom stereocenters. The second-order valence-corrected chi connectivity index (χ2v) is 12.8. The zero-order chi connectivity index (χ0) is 25.1. The average Bonchev–Trinajstić information content (AvgIpc) is 2.86. The summed E-state index contributed by atoms with van der Waals surface area (Å²) in [7, 11) is -1.43. The number of benzene rings is 4. The number of para-hydroxylation sites is 1. The minimum absolute atomic E-state index is 0.424. The monoisotopic (exact) mass is 480 g/mol. The fraction of sp³-hybridized carbons (Fsp3) is 0.250. The van der Waals surface area contributed by atoms with E-state index in [0.29, 0.717) is 0 Å². The Morgan fingerprint density at radius 3 is 1.40 bits per heavy atom. The van der Waals surface area contributed by atoms with E-state index in [1.54, 1.807) is 0 Å². The van der Waals surface area contributed by atoms with Crippen LogP contribution in [0.3, 0.4) is 0 Å². The van der Waals surface area contributed by atoms with E-state index in [0.717, 1.165) is 28.0 Å². The molecule has 0 saturated carbocycles. The van der Waals surface area contributed by atoms with Crippen LogP contribution in [0.25, 0.3) is 0 Å². The largest absolute Gasteiger partial charge is 0.547 e. The lowest BCUT2D eigenvalue weighted by Gasteiger charge is -2.56. The van der Waals surface area contributed by atoms with Crippen LogP contribution in [0, 0.1) is 5.41 Å². The molecule has 0 aliphatic rings. The third kappa shape index (κ3) is 4.24. The van der Waals surface area contributed by atoms with Gasteiger partial charge < -0.3 is 9.53 Å². The SMILES string of the molecule is C[SiH](C)Oc1ccccc1C(c1ccccc1)(C(C)(C)C)C(O)(c1ccccc1)c1ccccc1. The molecule has 4 rings (SSSR count). The molecule has 0 bridgehead atoms. The summed E-state index contributed by atoms with van der Waals surface area (Å²) in [4.78, 5) is 0. The van der Waals surface area contributed by atoms with Crippen molar-refractivity contribution in [3.8, 4) is 5.75 Å². The van der Waals surface area contributed by atoms with Crippen molar-refractivity contribution in [2.45, 2.75) is 44.9 Å². The highest BCUT2D eigenvalue weighted by Crippen LogP contribution is 2.61. The summed E-state index contributed by atoms with van der Waals surface area (Å²) >= 11 is 0. The van der Waals surface area contributed by atoms with Crippen LogP contribution in [0.2, 0.25) is 13.1 Å². The second-order valence-electron chi connectivity index (χ2n) is 10.5. The first kappa shape index (κ1) is 25.0. The van der Waals surface area contributed by atoms with Gasteiger partial charge in [-0.15, -0.1) is 0 Å². The summed E-state index contributed by atoms with van der Waals surface area (Å²) in [5, 5.41) is 13.4. The van der Waals surface area contributed by atoms with Crippen molar-refractivity contribution >= 4 is 9.04 Å². The predicted molar refractivity (Wildman–Crippen MR) is 149 cm³/mol. The summed E-state index contributed by atoms with van der Waals surface area (Å²) < 4.78 is 6.56. The van der Waals surface area contributed by atoms with E-state index < -0.39 is 25.5 Å². The molecule has 180 valence electrons. The maximum Gasteiger partial charge on any atom is 0.229 e. The maximum absolute atomic E-state index is 13.4. The molecule has 0 heterocycles. The molecular weight excluding hydrogens is 444 g/mol. The van der Waals surface area contributed by atoms with Crippen LogP contribution in [-0.4, -0.2) is 14.1 Å². The van der Waals surface area contributed by atoms with Crippen molar-refractivity contribution in [1.82, 2.24) is 0 Å². The molecule has 2 nitrogen and oxygen atoms in total. The lowest BCUT2D eigenvalue weighted by Crippen LogP contribution is -2.58. The lowest BCUT2D eigenvalue weighted by molar-refractivity contribution is -0.0422. The molecule has 1 N–H and O–H groups in total. The Balaban J connectivity index is 2.25. The average molecular weight is 481 g/mol. The molecule has 1 atom stereocenters. The Hall–Kier alpha value is -3.14. The van der Waals surface area contributed by atoms with E-state index in [1.807, 2.05) is 72.8 Å². The topological polar surface area (TPSA) is 29.5 Å². The van der Waals surface area contributed by atoms with E-state index in [-0.39, 0.29) is 0 Å². The molecule has 0 amide bonds. The Morgan fingerprint density at radius 2 is 0.971 bits per heavy atom. The van der Waals surface area contributed by atoms with Crippen LogP contribution in [0.1, 0.15) is 43.0 Å². The highest BCUT2D eigenvalue weighted by molar-refractivity contribution is 6.49. The standard InChI is InChI=1S/C32H36O2Si/c1-30(2,3)31(25-17-9-6-10-18-25,28-23-15-16-24-29(28)34-35(4)5)32(33,26-19-11-7-12-20-26)27-21-13-8-14-22-27/h6-24,33,35H,1-5H3. The van der Waals surface area contributed by atoms with Crippen molar-refractivity contribution in [3.05, 3.63) is 138 Å². The van der Waals surface area contributed by atoms with E-state index in [4.69, 9.17) is 4.43 Å². The van der Waals surface area contributed by atoms with Gasteiger partial charge in [0.05, 0.1) is 5.41 Å². The van der Waals surface area contributed by atoms with E-state index >= 15 is 0 Å². The van der Waals surface area contributed by atoms with Crippen molar-refractivity contribution in [2.24, 2.45) is 5.41 Å². The summed E-state index contributed by atoms with van der Waals surface area (Å²) in [6, 6.07) is 38.9. The quantitative estimate of drug-likeness (QED) is 0.281. The highest BCUT2D eigenvalue weighted by atomic mass is 28.3. The molecule has 35 heavy (non-hydrogen) atoms. The maximum atomic E-state index is 13.4. The van der Waals surface area contributed by atoms with Crippen molar-refractivity contribution in [2.75, 3.05) is 0 Å². The Bertz CT molecular complexity index is 1190. The third-order valence-corrected chi connectivity index (χ3v) is 7.64. The van der Waals surface area contributed by atoms with Crippen molar-refractivity contribution in [3.63, 3.8) is 0 Å². The fourth-order valence-corrected chi connectivity index (χ4v) is 6.43. The number of aliphatic hydroxyl groups is 1. The molecule has 0 aliphatic heterocycles. The van der Waals surface area contributed by atoms with Gasteiger partial charge in [-0.05, 0) is 41.3 Å². The molecule has 0 saturated heterocycles. The first-order valence-electron chi connectivity index (χ1n) is 12.4. The third-order valence-electron chi connectivity index (χ3n) is 6.91. The van der Waals surface area contributed by atoms with E-state index in [9.17, 15) is 5.11 Å². The number of hydrogen-bond donors (Lipinski definition) is 1. The fourth-order valence-electron chi connectivity index (χ4n) is 5.72. The Morgan fingerprint density at radius 1 is 0.571 bits per heavy atom. The molecular formula is C32H36O2Si. The minimum atomic E-state index is -1.43. The van der Waals surface area contributed by atoms with Gasteiger partial charge >= 0.3 is 0 Å². The van der Waals surface area contributed by atoms with Gasteiger partial charge in [0, 0.05) is 5.56 Å². The highest BCUT2D eigenvalue weighted by Gasteiger charge is 2.61. The van der Waals surface area contributed by atoms with Gasteiger partial charge in [0.25, 0.3) is 0 Å². The Labute approximate surface area is 212 Å². The van der Waals surface area contributed by atoms with Crippen molar-refractivity contribution in [1.29, 1.82) is 0 Å². The van der Waals surface area contributed by atoms with Gasteiger partial charge in [0.1, 0.15) is 11.4 Å². The zero-order valence-corrected chi connectivity index (χ0v) is 22.6. The molecule has 4 aromatic rings. The van der Waals surface area contributed by atoms with Crippen LogP contribution in [0.4, 0.5) is 0 Å². The molecule has 0 spiro atoms. The van der Waals surface area contributed by atoms with E-state index in [1.165, 1.54) is 0 Å². The van der Waals surface area contributed by atoms with Gasteiger partial charge in [-0.2, -0.15) is 0 Å². The molecule has 0 aromatic heterocycles. The smallest absolute Gasteiger partial charge is 0.229 e. The first-order chi connectivity index (χ1) is 16.7. The first-order valence-corrected chi connectivity index (χ1v) is 15.2. The number of hydrogen-bond acceptors (Lipinski definition) is 2. The summed E-state index contributed by atoms with van der Waals surface area (Å²) in [6.07, 6.45) is 0. The van der Waals surface area contributed by atoms with Crippen LogP contribution in [-0.2, 0) is 11.0 Å². The van der Waals surface area contributed by atoms with Crippen LogP contribution < -0.4 is 4.43 Å². The van der Waals surface area contributed by atoms with Crippen LogP contribution >= 0.6 is 0 Å². The van der Waals surface area contributed by atoms with E-state index in [2.05, 4.69) is 76.3 Å². The normalized spacial score (nSPS) is 13.9. The summed E-state index contributed by atoms with van der Waals surface area (Å²) in [5.74, 6) is 0.846. The van der Waals surface area contributed by atoms with Crippen LogP contribution in [0.15, 0.2) is 115 Å². The molecule has 0 fully saturated rings. The summed E-state index contributed by atoms with van der Waals surface area (Å²) in [5.41, 5.74) is 1.03. The molecule has 4 aromatic carbocycles. The second kappa shape index (κ2) is 9.85. The summed E-state index contributed by atoms with van der Waals surface area (Å²) in [6.45, 7) is 11.0. The lowest BCUT2D eigenvalue weighted by atomic mass is 9.48. The molecule has 0 aliphatic carbocycles. The zero-order valence-electron chi connectivity index (χ0n) is 21.4. The Kier molecular flexibility index (Phi) is 7.02. The number of rotatable bonds is 7. The van der Waals surface area contributed by atoms with Gasteiger partial charge in [-0.25, -0.2) is 0 Å². The molecule has 0 radical (unpaired) electrons. The van der Waals surface area contributed by atoms with Crippen molar-refractivity contribution < 1.29 is 9.53 Å². The van der Waals surface area contributed by atoms with Crippen LogP contribution in [0.5, 0.6) is 5.75 Å². The van der Waals surface area contributed by atoms with Gasteiger partial charge in [-0.1, -0.05) is 130 Å². The van der Waals surface area contributed by atoms with Gasteiger partial charge in [0.15, 0.2) is 0 Å². The minimum Gasteiger partial charge on any atom is -0.547 e. The van der Waals surface area contributed by atoms with Gasteiger partial charge in [0.2, 0.25) is 9.04 Å². The predicted octanol–water partition coefficient (Wildman–Crippen LogP) is 7.32. The van der Waals surface area contributed by atoms with Gasteiger partial charge in [-0.3, -0.25) is 0 Å². The molecule has 3 heteroatoms.